The Hall–Kier alpha value is -1.30. The smallest absolute Gasteiger partial charge is 0.334 e. The number of carbonyl (C=O) groups excluding carboxylic acids is 1. The molecule has 2 amide bonds. The summed E-state index contributed by atoms with van der Waals surface area (Å²) in [4.78, 5) is 23.9. The quantitative estimate of drug-likeness (QED) is 0.664. The fourth-order valence-corrected chi connectivity index (χ4v) is 1.94. The zero-order valence-corrected chi connectivity index (χ0v) is 10.2. The first-order chi connectivity index (χ1) is 7.91. The van der Waals surface area contributed by atoms with Crippen LogP contribution in [-0.2, 0) is 4.79 Å². The zero-order valence-electron chi connectivity index (χ0n) is 10.2. The largest absolute Gasteiger partial charge is 0.479 e. The summed E-state index contributed by atoms with van der Waals surface area (Å²) in [5.41, 5.74) is 0. The normalized spacial score (nSPS) is 26.4. The number of carbonyl (C=O) groups is 2. The summed E-state index contributed by atoms with van der Waals surface area (Å²) >= 11 is 0. The van der Waals surface area contributed by atoms with E-state index in [4.69, 9.17) is 10.2 Å². The van der Waals surface area contributed by atoms with Gasteiger partial charge in [0.2, 0.25) is 0 Å². The number of aliphatic hydroxyl groups is 1. The summed E-state index contributed by atoms with van der Waals surface area (Å²) in [5, 5.41) is 20.0. The Labute approximate surface area is 101 Å². The van der Waals surface area contributed by atoms with Crippen molar-refractivity contribution in [2.24, 2.45) is 5.92 Å². The van der Waals surface area contributed by atoms with Gasteiger partial charge in [0.25, 0.3) is 0 Å². The van der Waals surface area contributed by atoms with Crippen molar-refractivity contribution in [1.82, 2.24) is 10.2 Å². The molecular formula is C11H20N2O4. The molecule has 0 bridgehead atoms. The van der Waals surface area contributed by atoms with E-state index >= 15 is 0 Å². The summed E-state index contributed by atoms with van der Waals surface area (Å²) in [7, 11) is 0. The molecule has 98 valence electrons. The van der Waals surface area contributed by atoms with Crippen LogP contribution in [-0.4, -0.2) is 52.3 Å². The molecule has 0 aromatic rings. The van der Waals surface area contributed by atoms with Crippen LogP contribution in [0.3, 0.4) is 0 Å². The van der Waals surface area contributed by atoms with Crippen LogP contribution in [0.2, 0.25) is 0 Å². The number of hydrogen-bond donors (Lipinski definition) is 3. The molecule has 1 heterocycles. The fraction of sp³-hybridized carbons (Fsp3) is 0.818. The molecule has 0 spiro atoms. The highest BCUT2D eigenvalue weighted by Crippen LogP contribution is 2.21. The lowest BCUT2D eigenvalue weighted by atomic mass is 9.95. The first kappa shape index (κ1) is 13.8. The van der Waals surface area contributed by atoms with Gasteiger partial charge in [-0.05, 0) is 25.7 Å². The van der Waals surface area contributed by atoms with E-state index in [1.165, 1.54) is 0 Å². The van der Waals surface area contributed by atoms with Gasteiger partial charge in [-0.2, -0.15) is 0 Å². The maximum absolute atomic E-state index is 11.8. The lowest BCUT2D eigenvalue weighted by molar-refractivity contribution is -0.146. The lowest BCUT2D eigenvalue weighted by Crippen LogP contribution is -2.51. The number of aliphatic hydroxyl groups excluding tert-OH is 1. The molecule has 3 atom stereocenters. The van der Waals surface area contributed by atoms with Gasteiger partial charge in [-0.3, -0.25) is 0 Å². The number of urea groups is 1. The van der Waals surface area contributed by atoms with Gasteiger partial charge in [0.1, 0.15) is 0 Å². The van der Waals surface area contributed by atoms with Crippen molar-refractivity contribution in [3.05, 3.63) is 0 Å². The minimum absolute atomic E-state index is 0.160. The van der Waals surface area contributed by atoms with Gasteiger partial charge in [-0.25, -0.2) is 9.59 Å². The maximum Gasteiger partial charge on any atom is 0.334 e. The summed E-state index contributed by atoms with van der Waals surface area (Å²) in [6, 6.07) is -0.141. The average Bonchev–Trinajstić information content (AvgIpc) is 2.28. The van der Waals surface area contributed by atoms with E-state index in [0.717, 1.165) is 12.8 Å². The first-order valence-electron chi connectivity index (χ1n) is 5.87. The third kappa shape index (κ3) is 3.89. The molecule has 1 saturated heterocycles. The van der Waals surface area contributed by atoms with Gasteiger partial charge in [-0.1, -0.05) is 6.92 Å². The zero-order chi connectivity index (χ0) is 13.0. The standard InChI is InChI=1S/C11H20N2O4/c1-7-3-4-8(2)13(6-7)11(17)12-5-9(14)10(15)16/h7-9,14H,3-6H2,1-2H3,(H,12,17)(H,15,16). The molecule has 0 saturated carbocycles. The van der Waals surface area contributed by atoms with Crippen molar-refractivity contribution in [3.63, 3.8) is 0 Å². The molecule has 3 unspecified atom stereocenters. The fourth-order valence-electron chi connectivity index (χ4n) is 1.94. The van der Waals surface area contributed by atoms with Gasteiger partial charge >= 0.3 is 12.0 Å². The highest BCUT2D eigenvalue weighted by atomic mass is 16.4. The maximum atomic E-state index is 11.8. The minimum Gasteiger partial charge on any atom is -0.479 e. The number of carboxylic acids is 1. The lowest BCUT2D eigenvalue weighted by Gasteiger charge is -2.36. The number of rotatable bonds is 3. The Bertz CT molecular complexity index is 295. The number of hydrogen-bond acceptors (Lipinski definition) is 3. The third-order valence-corrected chi connectivity index (χ3v) is 3.11. The highest BCUT2D eigenvalue weighted by molar-refractivity contribution is 5.77. The summed E-state index contributed by atoms with van der Waals surface area (Å²) in [6.45, 7) is 4.47. The molecule has 0 aromatic heterocycles. The summed E-state index contributed by atoms with van der Waals surface area (Å²) in [5.74, 6) is -0.869. The third-order valence-electron chi connectivity index (χ3n) is 3.11. The molecule has 6 heteroatoms. The molecule has 0 aliphatic carbocycles. The monoisotopic (exact) mass is 244 g/mol. The topological polar surface area (TPSA) is 89.9 Å². The van der Waals surface area contributed by atoms with Crippen molar-refractivity contribution in [2.75, 3.05) is 13.1 Å². The van der Waals surface area contributed by atoms with Crippen LogP contribution in [0.15, 0.2) is 0 Å². The van der Waals surface area contributed by atoms with Crippen molar-refractivity contribution in [2.45, 2.75) is 38.8 Å². The molecule has 1 aliphatic heterocycles. The van der Waals surface area contributed by atoms with Crippen LogP contribution in [0.25, 0.3) is 0 Å². The summed E-state index contributed by atoms with van der Waals surface area (Å²) in [6.07, 6.45) is 0.509. The Balaban J connectivity index is 2.43. The van der Waals surface area contributed by atoms with Crippen LogP contribution in [0.4, 0.5) is 4.79 Å². The second-order valence-electron chi connectivity index (χ2n) is 4.72. The van der Waals surface area contributed by atoms with Crippen LogP contribution >= 0.6 is 0 Å². The molecule has 1 fully saturated rings. The molecule has 0 aromatic carbocycles. The number of piperidine rings is 1. The summed E-state index contributed by atoms with van der Waals surface area (Å²) < 4.78 is 0. The molecule has 17 heavy (non-hydrogen) atoms. The number of amides is 2. The van der Waals surface area contributed by atoms with Gasteiger partial charge in [-0.15, -0.1) is 0 Å². The highest BCUT2D eigenvalue weighted by Gasteiger charge is 2.27. The predicted molar refractivity (Wildman–Crippen MR) is 61.6 cm³/mol. The van der Waals surface area contributed by atoms with Crippen molar-refractivity contribution >= 4 is 12.0 Å². The van der Waals surface area contributed by atoms with E-state index < -0.39 is 12.1 Å². The van der Waals surface area contributed by atoms with Gasteiger partial charge in [0, 0.05) is 12.6 Å². The molecule has 1 aliphatic rings. The number of aliphatic carboxylic acids is 1. The van der Waals surface area contributed by atoms with E-state index in [2.05, 4.69) is 12.2 Å². The van der Waals surface area contributed by atoms with Crippen molar-refractivity contribution < 1.29 is 19.8 Å². The Morgan fingerprint density at radius 2 is 2.06 bits per heavy atom. The van der Waals surface area contributed by atoms with Crippen LogP contribution in [0.1, 0.15) is 26.7 Å². The van der Waals surface area contributed by atoms with E-state index in [-0.39, 0.29) is 18.6 Å². The second-order valence-corrected chi connectivity index (χ2v) is 4.72. The second kappa shape index (κ2) is 5.86. The van der Waals surface area contributed by atoms with Crippen LogP contribution in [0.5, 0.6) is 0 Å². The van der Waals surface area contributed by atoms with Crippen LogP contribution < -0.4 is 5.32 Å². The Kier molecular flexibility index (Phi) is 4.74. The molecule has 6 nitrogen and oxygen atoms in total. The Morgan fingerprint density at radius 1 is 1.41 bits per heavy atom. The van der Waals surface area contributed by atoms with Gasteiger partial charge < -0.3 is 20.4 Å². The molecule has 3 N–H and O–H groups in total. The Morgan fingerprint density at radius 3 is 2.65 bits per heavy atom. The van der Waals surface area contributed by atoms with Crippen molar-refractivity contribution in [3.8, 4) is 0 Å². The van der Waals surface area contributed by atoms with E-state index in [1.54, 1.807) is 4.90 Å². The van der Waals surface area contributed by atoms with Crippen molar-refractivity contribution in [1.29, 1.82) is 0 Å². The van der Waals surface area contributed by atoms with E-state index in [0.29, 0.717) is 12.5 Å². The SMILES string of the molecule is CC1CCC(C)N(C(=O)NCC(O)C(=O)O)C1. The number of nitrogens with zero attached hydrogens (tertiary/aromatic N) is 1. The number of nitrogens with one attached hydrogen (secondary N) is 1. The van der Waals surface area contributed by atoms with Gasteiger partial charge in [0.05, 0.1) is 6.54 Å². The van der Waals surface area contributed by atoms with E-state index in [9.17, 15) is 9.59 Å². The molecule has 0 radical (unpaired) electrons. The van der Waals surface area contributed by atoms with E-state index in [1.807, 2.05) is 6.92 Å². The average molecular weight is 244 g/mol. The molecule has 1 rings (SSSR count). The van der Waals surface area contributed by atoms with Crippen LogP contribution in [0, 0.1) is 5.92 Å². The van der Waals surface area contributed by atoms with Gasteiger partial charge in [0.15, 0.2) is 6.10 Å². The molecular weight excluding hydrogens is 224 g/mol. The minimum atomic E-state index is -1.54. The predicted octanol–water partition coefficient (Wildman–Crippen LogP) is 0.262. The first-order valence-corrected chi connectivity index (χ1v) is 5.87. The number of likely N-dealkylation sites (tertiary alicyclic amines) is 1. The number of carboxylic acid groups (broad SMARTS) is 1.